The molecule has 184 valence electrons. The summed E-state index contributed by atoms with van der Waals surface area (Å²) in [5.41, 5.74) is 1.87. The number of hydrogen-bond acceptors (Lipinski definition) is 9. The van der Waals surface area contributed by atoms with Crippen LogP contribution in [0.15, 0.2) is 48.2 Å². The third-order valence-corrected chi connectivity index (χ3v) is 5.78. The van der Waals surface area contributed by atoms with E-state index in [1.807, 2.05) is 0 Å². The van der Waals surface area contributed by atoms with Crippen LogP contribution in [-0.4, -0.2) is 39.9 Å². The van der Waals surface area contributed by atoms with Crippen molar-refractivity contribution in [1.82, 2.24) is 0 Å². The molecule has 5 rings (SSSR count). The Morgan fingerprint density at radius 1 is 0.889 bits per heavy atom. The number of hydrogen-bond donors (Lipinski definition) is 0. The molecule has 0 radical (unpaired) electrons. The lowest BCUT2D eigenvalue weighted by molar-refractivity contribution is 0.0734. The minimum Gasteiger partial charge on any atom is -0.493 e. The van der Waals surface area contributed by atoms with Crippen LogP contribution in [0, 0.1) is 6.92 Å². The topological polar surface area (TPSA) is 98.8 Å². The van der Waals surface area contributed by atoms with Crippen LogP contribution in [0.1, 0.15) is 31.8 Å². The van der Waals surface area contributed by atoms with E-state index >= 15 is 0 Å². The molecule has 0 aromatic heterocycles. The maximum absolute atomic E-state index is 13.1. The molecular formula is C27H22O9. The Morgan fingerprint density at radius 3 is 2.42 bits per heavy atom. The van der Waals surface area contributed by atoms with Gasteiger partial charge in [-0.2, -0.15) is 0 Å². The summed E-state index contributed by atoms with van der Waals surface area (Å²) < 4.78 is 38.2. The van der Waals surface area contributed by atoms with Gasteiger partial charge in [-0.05, 0) is 55.0 Å². The summed E-state index contributed by atoms with van der Waals surface area (Å²) in [7, 11) is 4.52. The highest BCUT2D eigenvalue weighted by Gasteiger charge is 2.31. The molecule has 0 aliphatic carbocycles. The van der Waals surface area contributed by atoms with Crippen LogP contribution >= 0.6 is 0 Å². The molecule has 0 atom stereocenters. The van der Waals surface area contributed by atoms with E-state index in [4.69, 9.17) is 33.2 Å². The Labute approximate surface area is 206 Å². The van der Waals surface area contributed by atoms with Gasteiger partial charge in [-0.25, -0.2) is 4.79 Å². The highest BCUT2D eigenvalue weighted by Crippen LogP contribution is 2.43. The van der Waals surface area contributed by atoms with Crippen molar-refractivity contribution in [3.8, 4) is 40.2 Å². The second-order valence-corrected chi connectivity index (χ2v) is 7.93. The summed E-state index contributed by atoms with van der Waals surface area (Å²) in [5.74, 6) is 2.07. The van der Waals surface area contributed by atoms with Gasteiger partial charge in [0.2, 0.25) is 18.3 Å². The lowest BCUT2D eigenvalue weighted by Gasteiger charge is -2.14. The van der Waals surface area contributed by atoms with Crippen molar-refractivity contribution in [2.24, 2.45) is 0 Å². The molecule has 36 heavy (non-hydrogen) atoms. The zero-order chi connectivity index (χ0) is 25.4. The molecule has 2 aliphatic heterocycles. The van der Waals surface area contributed by atoms with E-state index in [-0.39, 0.29) is 24.1 Å². The average Bonchev–Trinajstić information content (AvgIpc) is 3.47. The Hall–Kier alpha value is -4.66. The molecule has 0 bridgehead atoms. The summed E-state index contributed by atoms with van der Waals surface area (Å²) in [6, 6.07) is 11.4. The number of benzene rings is 3. The first-order valence-corrected chi connectivity index (χ1v) is 10.9. The first-order valence-electron chi connectivity index (χ1n) is 10.9. The number of allylic oxidation sites excluding steroid dienone is 1. The molecule has 3 aromatic rings. The maximum Gasteiger partial charge on any atom is 0.343 e. The van der Waals surface area contributed by atoms with Crippen LogP contribution in [0.25, 0.3) is 6.08 Å². The van der Waals surface area contributed by atoms with Gasteiger partial charge < -0.3 is 33.2 Å². The number of ether oxygens (including phenoxy) is 7. The van der Waals surface area contributed by atoms with E-state index in [9.17, 15) is 9.59 Å². The molecule has 0 N–H and O–H groups in total. The maximum atomic E-state index is 13.1. The Balaban J connectivity index is 1.42. The van der Waals surface area contributed by atoms with Crippen LogP contribution in [0.3, 0.4) is 0 Å². The summed E-state index contributed by atoms with van der Waals surface area (Å²) in [5, 5.41) is 0. The number of aryl methyl sites for hydroxylation is 1. The minimum atomic E-state index is -0.581. The van der Waals surface area contributed by atoms with Gasteiger partial charge >= 0.3 is 5.97 Å². The second kappa shape index (κ2) is 9.18. The number of ketones is 1. The van der Waals surface area contributed by atoms with Crippen LogP contribution < -0.4 is 33.2 Å². The van der Waals surface area contributed by atoms with Gasteiger partial charge in [0.15, 0.2) is 28.8 Å². The number of Topliss-reactive ketones (excluding diaryl/α,β-unsaturated/α-hetero) is 1. The fourth-order valence-electron chi connectivity index (χ4n) is 4.11. The highest BCUT2D eigenvalue weighted by atomic mass is 16.7. The number of esters is 1. The number of carbonyl (C=O) groups excluding carboxylic acids is 2. The van der Waals surface area contributed by atoms with Gasteiger partial charge in [0.05, 0.1) is 32.5 Å². The number of rotatable bonds is 6. The van der Waals surface area contributed by atoms with E-state index in [2.05, 4.69) is 0 Å². The minimum absolute atomic E-state index is 0.0952. The third-order valence-electron chi connectivity index (χ3n) is 5.78. The molecule has 0 amide bonds. The van der Waals surface area contributed by atoms with Crippen LogP contribution in [0.2, 0.25) is 0 Å². The average molecular weight is 490 g/mol. The Kier molecular flexibility index (Phi) is 5.89. The highest BCUT2D eigenvalue weighted by molar-refractivity contribution is 6.15. The molecule has 2 heterocycles. The van der Waals surface area contributed by atoms with E-state index in [0.717, 1.165) is 0 Å². The molecule has 0 saturated carbocycles. The molecule has 0 unspecified atom stereocenters. The van der Waals surface area contributed by atoms with E-state index in [1.165, 1.54) is 27.4 Å². The predicted molar refractivity (Wildman–Crippen MR) is 128 cm³/mol. The first kappa shape index (κ1) is 23.1. The largest absolute Gasteiger partial charge is 0.493 e. The third kappa shape index (κ3) is 3.94. The SMILES string of the molecule is COc1ccc(/C=C2\Oc3cc(OC(=O)c4ccc5c(c4)OCO5)cc(C)c3C2=O)c(OC)c1OC. The normalized spacial score (nSPS) is 14.3. The van der Waals surface area contributed by atoms with Crippen molar-refractivity contribution >= 4 is 17.8 Å². The van der Waals surface area contributed by atoms with E-state index < -0.39 is 5.97 Å². The van der Waals surface area contributed by atoms with Crippen molar-refractivity contribution in [2.45, 2.75) is 6.92 Å². The van der Waals surface area contributed by atoms with Crippen molar-refractivity contribution < 1.29 is 42.7 Å². The van der Waals surface area contributed by atoms with E-state index in [0.29, 0.717) is 56.8 Å². The van der Waals surface area contributed by atoms with Crippen molar-refractivity contribution in [2.75, 3.05) is 28.1 Å². The smallest absolute Gasteiger partial charge is 0.343 e. The molecule has 0 spiro atoms. The summed E-state index contributed by atoms with van der Waals surface area (Å²) in [6.07, 6.45) is 1.57. The summed E-state index contributed by atoms with van der Waals surface area (Å²) >= 11 is 0. The van der Waals surface area contributed by atoms with Crippen LogP contribution in [0.5, 0.6) is 40.2 Å². The fraction of sp³-hybridized carbons (Fsp3) is 0.185. The molecule has 3 aromatic carbocycles. The van der Waals surface area contributed by atoms with E-state index in [1.54, 1.807) is 49.4 Å². The van der Waals surface area contributed by atoms with Crippen molar-refractivity contribution in [1.29, 1.82) is 0 Å². The molecule has 0 fully saturated rings. The lowest BCUT2D eigenvalue weighted by Crippen LogP contribution is -2.08. The monoisotopic (exact) mass is 490 g/mol. The second-order valence-electron chi connectivity index (χ2n) is 7.93. The van der Waals surface area contributed by atoms with Gasteiger partial charge in [0, 0.05) is 11.6 Å². The van der Waals surface area contributed by atoms with Gasteiger partial charge in [-0.1, -0.05) is 0 Å². The summed E-state index contributed by atoms with van der Waals surface area (Å²) in [6.45, 7) is 1.85. The Bertz CT molecular complexity index is 1420. The quantitative estimate of drug-likeness (QED) is 0.279. The van der Waals surface area contributed by atoms with Crippen molar-refractivity contribution in [3.05, 3.63) is 70.5 Å². The first-order chi connectivity index (χ1) is 17.4. The number of carbonyl (C=O) groups is 2. The number of methoxy groups -OCH3 is 3. The molecule has 9 heteroatoms. The molecule has 9 nitrogen and oxygen atoms in total. The zero-order valence-electron chi connectivity index (χ0n) is 20.0. The van der Waals surface area contributed by atoms with Crippen LogP contribution in [0.4, 0.5) is 0 Å². The lowest BCUT2D eigenvalue weighted by atomic mass is 10.0. The van der Waals surface area contributed by atoms with Gasteiger partial charge in [0.25, 0.3) is 0 Å². The molecule has 0 saturated heterocycles. The fourth-order valence-corrected chi connectivity index (χ4v) is 4.11. The van der Waals surface area contributed by atoms with Gasteiger partial charge in [0.1, 0.15) is 11.5 Å². The zero-order valence-corrected chi connectivity index (χ0v) is 20.0. The molecule has 2 aliphatic rings. The molecular weight excluding hydrogens is 468 g/mol. The van der Waals surface area contributed by atoms with Gasteiger partial charge in [-0.3, -0.25) is 4.79 Å². The standard InChI is InChI=1S/C27H22O9/c1-14-9-17(35-27(29)16-6-7-18-20(11-16)34-13-33-18)12-21-23(14)24(28)22(36-21)10-15-5-8-19(30-2)26(32-4)25(15)31-3/h5-12H,13H2,1-4H3/b22-10-. The van der Waals surface area contributed by atoms with Crippen LogP contribution in [-0.2, 0) is 0 Å². The van der Waals surface area contributed by atoms with Crippen molar-refractivity contribution in [3.63, 3.8) is 0 Å². The summed E-state index contributed by atoms with van der Waals surface area (Å²) in [4.78, 5) is 25.8. The predicted octanol–water partition coefficient (Wildman–Crippen LogP) is 4.58. The van der Waals surface area contributed by atoms with Gasteiger partial charge in [-0.15, -0.1) is 0 Å². The number of fused-ring (bicyclic) bond motifs is 2. The Morgan fingerprint density at radius 2 is 1.67 bits per heavy atom.